The van der Waals surface area contributed by atoms with E-state index in [2.05, 4.69) is 27.6 Å². The van der Waals surface area contributed by atoms with Crippen LogP contribution >= 0.6 is 28.0 Å². The maximum absolute atomic E-state index is 13.0. The van der Waals surface area contributed by atoms with E-state index in [0.717, 1.165) is 0 Å². The number of nitrogens with zero attached hydrogens (tertiary/aromatic N) is 5. The zero-order valence-corrected chi connectivity index (χ0v) is 23.0. The van der Waals surface area contributed by atoms with Gasteiger partial charge in [0.2, 0.25) is 5.91 Å². The molecule has 9 atom stereocenters. The van der Waals surface area contributed by atoms with Gasteiger partial charge in [0.15, 0.2) is 11.5 Å². The Morgan fingerprint density at radius 3 is 2.79 bits per heavy atom. The lowest BCUT2D eigenvalue weighted by atomic mass is 10.2. The fraction of sp³-hybridized carbons (Fsp3) is 0.684. The van der Waals surface area contributed by atoms with Crippen LogP contribution < -0.4 is 5.73 Å². The van der Waals surface area contributed by atoms with Crippen molar-refractivity contribution in [1.29, 1.82) is 0 Å². The molecule has 5 N–H and O–H groups in total. The van der Waals surface area contributed by atoms with E-state index in [1.807, 2.05) is 0 Å². The van der Waals surface area contributed by atoms with Crippen molar-refractivity contribution < 1.29 is 47.1 Å². The van der Waals surface area contributed by atoms with E-state index in [0.29, 0.717) is 11.2 Å². The van der Waals surface area contributed by atoms with Crippen LogP contribution in [-0.4, -0.2) is 93.3 Å². The zero-order chi connectivity index (χ0) is 27.6. The van der Waals surface area contributed by atoms with Gasteiger partial charge >= 0.3 is 15.4 Å². The number of aliphatic hydroxyl groups excluding tert-OH is 1. The van der Waals surface area contributed by atoms with Crippen molar-refractivity contribution in [1.82, 2.24) is 24.4 Å². The van der Waals surface area contributed by atoms with Crippen LogP contribution in [0.15, 0.2) is 12.7 Å². The van der Waals surface area contributed by atoms with Crippen molar-refractivity contribution in [3.63, 3.8) is 0 Å². The van der Waals surface area contributed by atoms with Crippen molar-refractivity contribution in [2.24, 2.45) is 0 Å². The van der Waals surface area contributed by atoms with Crippen LogP contribution in [0.2, 0.25) is 0 Å². The Labute approximate surface area is 222 Å². The van der Waals surface area contributed by atoms with Crippen molar-refractivity contribution >= 4 is 50.9 Å². The topological polar surface area (TPSA) is 222 Å². The van der Waals surface area contributed by atoms with E-state index in [4.69, 9.17) is 24.0 Å². The summed E-state index contributed by atoms with van der Waals surface area (Å²) < 4.78 is 49.3. The number of hydrogen-bond acceptors (Lipinski definition) is 13. The van der Waals surface area contributed by atoms with Crippen LogP contribution in [0.5, 0.6) is 0 Å². The number of fused-ring (bicyclic) bond motifs is 2. The number of carbonyl (C=O) groups excluding carboxylic acids is 1. The number of carbonyl (C=O) groups is 1. The second kappa shape index (κ2) is 9.77. The number of imidazole rings is 1. The van der Waals surface area contributed by atoms with Gasteiger partial charge in [-0.1, -0.05) is 0 Å². The van der Waals surface area contributed by atoms with Gasteiger partial charge in [0.25, 0.3) is 0 Å². The number of phosphoric acid groups is 1. The first-order valence-corrected chi connectivity index (χ1v) is 15.3. The molecular formula is C19H28N6O10P2S. The molecule has 2 saturated heterocycles. The number of nitrogens with two attached hydrogens (primary N) is 1. The maximum atomic E-state index is 13.0. The molecule has 1 amide bonds. The summed E-state index contributed by atoms with van der Waals surface area (Å²) >= 11 is 3.99. The summed E-state index contributed by atoms with van der Waals surface area (Å²) in [5, 5.41) is 9.90. The highest BCUT2D eigenvalue weighted by Gasteiger charge is 2.78. The summed E-state index contributed by atoms with van der Waals surface area (Å²) in [4.78, 5) is 45.2. The second-order valence-corrected chi connectivity index (χ2v) is 14.2. The highest BCUT2D eigenvalue weighted by Crippen LogP contribution is 2.68. The average Bonchev–Trinajstić information content (AvgIpc) is 3.28. The van der Waals surface area contributed by atoms with Gasteiger partial charge in [-0.3, -0.25) is 27.5 Å². The van der Waals surface area contributed by atoms with Gasteiger partial charge in [-0.2, -0.15) is 12.6 Å². The van der Waals surface area contributed by atoms with Crippen LogP contribution in [0.3, 0.4) is 0 Å². The summed E-state index contributed by atoms with van der Waals surface area (Å²) in [6, 6.07) is -0.635. The van der Waals surface area contributed by atoms with E-state index < -0.39 is 56.6 Å². The summed E-state index contributed by atoms with van der Waals surface area (Å²) in [5.74, 6) is -0.167. The number of likely N-dealkylation sites (tertiary alicyclic amines) is 1. The SMILES string of the molecule is CC(=O)N1C[C@H](O)CC1COP(=O)(O)O[C@@]12C[C@H](n3cnc4c(N)ncnc43)O[C@@H]1C2OP(=O)(O)C(C)S. The molecule has 3 aliphatic rings. The highest BCUT2D eigenvalue weighted by atomic mass is 32.1. The van der Waals surface area contributed by atoms with Crippen LogP contribution in [0.1, 0.15) is 32.9 Å². The molecule has 1 aliphatic carbocycles. The zero-order valence-electron chi connectivity index (χ0n) is 20.3. The van der Waals surface area contributed by atoms with Crippen molar-refractivity contribution in [2.45, 2.75) is 67.9 Å². The Kier molecular flexibility index (Phi) is 7.17. The smallest absolute Gasteiger partial charge is 0.391 e. The molecule has 0 radical (unpaired) electrons. The number of aliphatic hydroxyl groups is 1. The van der Waals surface area contributed by atoms with Crippen molar-refractivity contribution in [3.05, 3.63) is 12.7 Å². The van der Waals surface area contributed by atoms with Crippen molar-refractivity contribution in [2.75, 3.05) is 18.9 Å². The minimum Gasteiger partial charge on any atom is -0.391 e. The van der Waals surface area contributed by atoms with E-state index in [1.54, 1.807) is 0 Å². The van der Waals surface area contributed by atoms with Crippen LogP contribution in [0, 0.1) is 0 Å². The quantitative estimate of drug-likeness (QED) is 0.196. The number of nitrogen functional groups attached to an aromatic ring is 1. The molecule has 5 rings (SSSR count). The molecule has 4 heterocycles. The molecule has 0 aromatic carbocycles. The molecule has 38 heavy (non-hydrogen) atoms. The van der Waals surface area contributed by atoms with Gasteiger partial charge in [0.05, 0.1) is 25.1 Å². The number of aromatic nitrogens is 4. The molecule has 3 fully saturated rings. The largest absolute Gasteiger partial charge is 0.472 e. The molecule has 2 aromatic rings. The molecule has 0 bridgehead atoms. The highest BCUT2D eigenvalue weighted by molar-refractivity contribution is 7.89. The van der Waals surface area contributed by atoms with Gasteiger partial charge in [0.1, 0.15) is 40.9 Å². The minimum absolute atomic E-state index is 0.0814. The monoisotopic (exact) mass is 594 g/mol. The Bertz CT molecular complexity index is 1350. The molecule has 16 nitrogen and oxygen atoms in total. The first-order valence-electron chi connectivity index (χ1n) is 11.6. The molecule has 5 unspecified atom stereocenters. The summed E-state index contributed by atoms with van der Waals surface area (Å²) in [6.45, 7) is 2.39. The average molecular weight is 594 g/mol. The number of rotatable bonds is 9. The lowest BCUT2D eigenvalue weighted by molar-refractivity contribution is -0.130. The number of β-amino-alcohol motifs (C(OH)–C–C–N with tert-alkyl or cyclic N) is 1. The number of anilines is 1. The Balaban J connectivity index is 1.36. The second-order valence-electron chi connectivity index (χ2n) is 9.55. The molecule has 1 saturated carbocycles. The maximum Gasteiger partial charge on any atom is 0.472 e. The molecular weight excluding hydrogens is 566 g/mol. The summed E-state index contributed by atoms with van der Waals surface area (Å²) in [5.41, 5.74) is 4.90. The number of hydrogen-bond donors (Lipinski definition) is 5. The predicted octanol–water partition coefficient (Wildman–Crippen LogP) is 0.410. The molecule has 2 aliphatic heterocycles. The standard InChI is InChI=1S/C19H28N6O10P2S/c1-9(26)24-5-12(27)3-11(24)6-32-37(30,31)35-19-4-13(25-8-23-14-17(20)21-7-22-18(14)25)33-15(19)16(19)34-36(28,29)10(2)38/h7-8,10-13,15-16,27,38H,3-6H2,1-2H3,(H,28,29)(H,30,31)(H2,20,21,22)/t10?,11?,12-,13-,15-,16?,19+/m1/s1. The lowest BCUT2D eigenvalue weighted by Crippen LogP contribution is -2.37. The van der Waals surface area contributed by atoms with E-state index in [1.165, 1.54) is 36.0 Å². The molecule has 2 aromatic heterocycles. The fourth-order valence-corrected chi connectivity index (χ4v) is 6.98. The Morgan fingerprint density at radius 1 is 1.37 bits per heavy atom. The normalized spacial score (nSPS) is 34.6. The van der Waals surface area contributed by atoms with Gasteiger partial charge in [-0.15, -0.1) is 0 Å². The molecule has 210 valence electrons. The van der Waals surface area contributed by atoms with E-state index in [9.17, 15) is 28.8 Å². The third-order valence-corrected chi connectivity index (χ3v) is 10.3. The molecule has 19 heteroatoms. The summed E-state index contributed by atoms with van der Waals surface area (Å²) in [6.07, 6.45) is -1.04. The third-order valence-electron chi connectivity index (χ3n) is 6.87. The number of phosphoric ester groups is 1. The predicted molar refractivity (Wildman–Crippen MR) is 133 cm³/mol. The van der Waals surface area contributed by atoms with Crippen LogP contribution in [-0.2, 0) is 32.2 Å². The fourth-order valence-electron chi connectivity index (χ4n) is 4.90. The molecule has 0 spiro atoms. The van der Waals surface area contributed by atoms with Gasteiger partial charge in [-0.25, -0.2) is 19.5 Å². The minimum atomic E-state index is -4.82. The van der Waals surface area contributed by atoms with Crippen molar-refractivity contribution in [3.8, 4) is 0 Å². The van der Waals surface area contributed by atoms with Gasteiger partial charge in [0, 0.05) is 19.9 Å². The summed E-state index contributed by atoms with van der Waals surface area (Å²) in [7, 11) is -9.06. The van der Waals surface area contributed by atoms with Crippen LogP contribution in [0.4, 0.5) is 5.82 Å². The number of ether oxygens (including phenoxy) is 1. The van der Waals surface area contributed by atoms with Crippen LogP contribution in [0.25, 0.3) is 11.2 Å². The Hall–Kier alpha value is -1.65. The van der Waals surface area contributed by atoms with Gasteiger partial charge in [-0.05, 0) is 13.3 Å². The van der Waals surface area contributed by atoms with E-state index >= 15 is 0 Å². The lowest BCUT2D eigenvalue weighted by Gasteiger charge is -2.26. The van der Waals surface area contributed by atoms with Gasteiger partial charge < -0.3 is 30.3 Å². The Morgan fingerprint density at radius 2 is 2.11 bits per heavy atom. The number of thiol groups is 1. The number of amides is 1. The van der Waals surface area contributed by atoms with E-state index in [-0.39, 0.29) is 37.7 Å². The first-order chi connectivity index (χ1) is 17.7. The first kappa shape index (κ1) is 27.9. The third kappa shape index (κ3) is 5.01.